The smallest absolute Gasteiger partial charge is 0.341 e. The summed E-state index contributed by atoms with van der Waals surface area (Å²) >= 11 is 0. The average Bonchev–Trinajstić information content (AvgIpc) is 3.90. The molecular weight excluding hydrogens is 740 g/mol. The monoisotopic (exact) mass is 793 g/mol. The quantitative estimate of drug-likeness (QED) is 0.282. The number of carbonyl (C=O) groups excluding carboxylic acids is 2. The van der Waals surface area contributed by atoms with Gasteiger partial charge in [-0.2, -0.15) is 0 Å². The lowest BCUT2D eigenvalue weighted by Gasteiger charge is -2.62. The normalized spacial score (nSPS) is 38.0. The number of carboxylic acid groups (broad SMARTS) is 1. The van der Waals surface area contributed by atoms with Gasteiger partial charge in [-0.3, -0.25) is 14.4 Å². The van der Waals surface area contributed by atoms with Crippen LogP contribution in [0.2, 0.25) is 0 Å². The van der Waals surface area contributed by atoms with Crippen molar-refractivity contribution in [1.82, 2.24) is 9.88 Å². The summed E-state index contributed by atoms with van der Waals surface area (Å²) in [7, 11) is 1.48. The molecule has 2 saturated heterocycles. The molecule has 10 atom stereocenters. The van der Waals surface area contributed by atoms with Crippen molar-refractivity contribution >= 4 is 34.1 Å². The first-order chi connectivity index (χ1) is 27.0. The highest BCUT2D eigenvalue weighted by molar-refractivity contribution is 6.01. The van der Waals surface area contributed by atoms with E-state index in [1.807, 2.05) is 4.90 Å². The molecule has 4 saturated carbocycles. The third-order valence-corrected chi connectivity index (χ3v) is 15.3. The molecule has 1 aromatic carbocycles. The Morgan fingerprint density at radius 1 is 1.11 bits per heavy atom. The zero-order chi connectivity index (χ0) is 41.0. The topological polar surface area (TPSA) is 179 Å². The Labute approximate surface area is 329 Å². The largest absolute Gasteiger partial charge is 0.492 e. The Bertz CT molecular complexity index is 2150. The first kappa shape index (κ1) is 39.8. The fourth-order valence-corrected chi connectivity index (χ4v) is 12.2. The molecule has 0 radical (unpaired) electrons. The number of aromatic nitrogens is 1. The Morgan fingerprint density at radius 2 is 1.84 bits per heavy atom. The maximum absolute atomic E-state index is 16.9. The van der Waals surface area contributed by atoms with E-state index >= 15 is 8.78 Å². The van der Waals surface area contributed by atoms with Crippen LogP contribution in [0.4, 0.5) is 14.5 Å². The molecule has 57 heavy (non-hydrogen) atoms. The minimum absolute atomic E-state index is 0.0599. The summed E-state index contributed by atoms with van der Waals surface area (Å²) < 4.78 is 39.6. The van der Waals surface area contributed by atoms with Gasteiger partial charge in [0.1, 0.15) is 23.5 Å². The minimum Gasteiger partial charge on any atom is -0.492 e. The summed E-state index contributed by atoms with van der Waals surface area (Å²) in [5.74, 6) is -3.19. The number of methoxy groups -OCH3 is 1. The number of allylic oxidation sites excluding steroid dienone is 4. The van der Waals surface area contributed by atoms with E-state index in [2.05, 4.69) is 5.32 Å². The lowest BCUT2D eigenvalue weighted by atomic mass is 9.44. The second-order valence-electron chi connectivity index (χ2n) is 18.1. The first-order valence-electron chi connectivity index (χ1n) is 20.3. The number of hydrogen-bond acceptors (Lipinski definition) is 10. The number of Topliss-reactive ketones (excluding diaryl/α,β-unsaturated/α-hetero) is 1. The van der Waals surface area contributed by atoms with Gasteiger partial charge >= 0.3 is 5.97 Å². The van der Waals surface area contributed by atoms with Crippen molar-refractivity contribution in [2.24, 2.45) is 34.5 Å². The van der Waals surface area contributed by atoms with Gasteiger partial charge in [-0.15, -0.1) is 0 Å². The van der Waals surface area contributed by atoms with Gasteiger partial charge in [0.25, 0.3) is 0 Å². The maximum atomic E-state index is 16.9. The zero-order valence-electron chi connectivity index (χ0n) is 32.9. The number of nitrogens with one attached hydrogen (secondary N) is 1. The number of anilines is 1. The van der Waals surface area contributed by atoms with Gasteiger partial charge in [-0.05, 0) is 101 Å². The average molecular weight is 794 g/mol. The van der Waals surface area contributed by atoms with E-state index in [0.29, 0.717) is 60.3 Å². The van der Waals surface area contributed by atoms with E-state index < -0.39 is 69.6 Å². The number of halogens is 2. The van der Waals surface area contributed by atoms with Crippen molar-refractivity contribution in [3.05, 3.63) is 57.7 Å². The third kappa shape index (κ3) is 5.63. The summed E-state index contributed by atoms with van der Waals surface area (Å²) in [6.07, 6.45) is 9.84. The number of ether oxygens (including phenoxy) is 1. The van der Waals surface area contributed by atoms with Crippen molar-refractivity contribution in [2.75, 3.05) is 38.3 Å². The summed E-state index contributed by atoms with van der Waals surface area (Å²) in [6.45, 7) is 6.88. The Hall–Kier alpha value is -3.98. The molecule has 0 amide bonds. The van der Waals surface area contributed by atoms with E-state index in [9.17, 15) is 39.6 Å². The number of piperidine rings is 1. The zero-order valence-corrected chi connectivity index (χ0v) is 32.9. The summed E-state index contributed by atoms with van der Waals surface area (Å²) in [5.41, 5.74) is -5.32. The van der Waals surface area contributed by atoms with Crippen LogP contribution in [0.3, 0.4) is 0 Å². The van der Waals surface area contributed by atoms with Crippen molar-refractivity contribution in [3.63, 3.8) is 0 Å². The fourth-order valence-electron chi connectivity index (χ4n) is 12.2. The molecule has 0 bridgehead atoms. The van der Waals surface area contributed by atoms with Gasteiger partial charge in [-0.25, -0.2) is 13.6 Å². The Morgan fingerprint density at radius 3 is 2.49 bits per heavy atom. The highest BCUT2D eigenvalue weighted by Crippen LogP contribution is 2.70. The molecule has 2 aliphatic heterocycles. The van der Waals surface area contributed by atoms with Crippen molar-refractivity contribution in [1.29, 1.82) is 0 Å². The number of aromatic carboxylic acids is 1. The molecule has 0 unspecified atom stereocenters. The Balaban J connectivity index is 0.000000160. The maximum Gasteiger partial charge on any atom is 0.341 e. The van der Waals surface area contributed by atoms with Gasteiger partial charge in [0, 0.05) is 48.1 Å². The summed E-state index contributed by atoms with van der Waals surface area (Å²) in [5, 5.41) is 45.0. The number of alkyl halides is 1. The van der Waals surface area contributed by atoms with Crippen LogP contribution in [0.25, 0.3) is 10.9 Å². The van der Waals surface area contributed by atoms with Gasteiger partial charge in [-0.1, -0.05) is 25.5 Å². The molecule has 0 spiro atoms. The molecule has 14 heteroatoms. The number of ketones is 2. The van der Waals surface area contributed by atoms with Crippen LogP contribution in [0.1, 0.15) is 88.5 Å². The van der Waals surface area contributed by atoms with E-state index in [1.165, 1.54) is 31.5 Å². The number of carboxylic acids is 1. The number of aliphatic hydroxyl groups excluding tert-OH is 2. The predicted molar refractivity (Wildman–Crippen MR) is 207 cm³/mol. The first-order valence-corrected chi connectivity index (χ1v) is 20.3. The van der Waals surface area contributed by atoms with Crippen LogP contribution in [-0.4, -0.2) is 99.3 Å². The Kier molecular flexibility index (Phi) is 9.65. The number of benzene rings is 1. The lowest BCUT2D eigenvalue weighted by molar-refractivity contribution is -0.219. The molecule has 9 rings (SSSR count). The SMILES string of the molecule is COc1c(N2C[C@@H]3CCCN[C@@H]3C2)c(F)cc2c(=O)c(C(=O)O)cn(C3CC3)c12.C[C@@H]1C[C@H]2[C@@H]3CCC4=CC(=O)C=C[C@]4(C)[C@@]3(F)[C@@H](O)C[C@]2(C)[C@@]1(O)C(=O)CO. The predicted octanol–water partition coefficient (Wildman–Crippen LogP) is 4.27. The highest BCUT2D eigenvalue weighted by Gasteiger charge is 2.75. The molecule has 6 fully saturated rings. The van der Waals surface area contributed by atoms with Crippen LogP contribution in [0.15, 0.2) is 40.9 Å². The van der Waals surface area contributed by atoms with Crippen molar-refractivity contribution in [3.8, 4) is 5.75 Å². The molecule has 5 aliphatic carbocycles. The molecule has 308 valence electrons. The fraction of sp³-hybridized carbons (Fsp3) is 0.628. The lowest BCUT2D eigenvalue weighted by Crippen LogP contribution is -2.69. The molecular formula is C43H53F2N3O9. The molecule has 1 aromatic heterocycles. The molecule has 5 N–H and O–H groups in total. The highest BCUT2D eigenvalue weighted by atomic mass is 19.1. The third-order valence-electron chi connectivity index (χ3n) is 15.3. The summed E-state index contributed by atoms with van der Waals surface area (Å²) in [6, 6.07) is 1.62. The number of nitrogens with zero attached hydrogens (tertiary/aromatic N) is 2. The van der Waals surface area contributed by atoms with E-state index in [0.717, 1.165) is 38.8 Å². The van der Waals surface area contributed by atoms with Crippen molar-refractivity contribution < 1.29 is 48.3 Å². The number of carbonyl (C=O) groups is 3. The van der Waals surface area contributed by atoms with Gasteiger partial charge < -0.3 is 39.9 Å². The number of aliphatic hydroxyl groups is 3. The van der Waals surface area contributed by atoms with Crippen LogP contribution >= 0.6 is 0 Å². The molecule has 3 heterocycles. The van der Waals surface area contributed by atoms with Crippen LogP contribution in [-0.2, 0) is 9.59 Å². The molecule has 2 aromatic rings. The van der Waals surface area contributed by atoms with Gasteiger partial charge in [0.05, 0.1) is 24.1 Å². The number of rotatable bonds is 6. The van der Waals surface area contributed by atoms with E-state index in [1.54, 1.807) is 31.4 Å². The summed E-state index contributed by atoms with van der Waals surface area (Å²) in [4.78, 5) is 50.7. The van der Waals surface area contributed by atoms with E-state index in [-0.39, 0.29) is 35.1 Å². The van der Waals surface area contributed by atoms with Gasteiger partial charge in [0.15, 0.2) is 28.8 Å². The standard InChI is InChI=1S/C22H29FO5.C21H24FN3O4/c1-12-8-16-15-5-4-13-9-14(25)6-7-19(13,2)21(15,23)17(26)10-20(16,3)22(12,28)18(27)11-24;1-29-20-17-13(19(26)14(21(27)28)9-25(17)12-4-5-12)7-15(22)18(20)24-8-11-3-2-6-23-16(11)10-24/h6-7,9,12,15-17,24,26,28H,4-5,8,10-11H2,1-3H3;7,9,11-12,16,23H,2-6,8,10H2,1H3,(H,27,28)/t12-,15+,16+,17+,19+,20+,21+,22+;11-,16+/m10/s1. The molecule has 12 nitrogen and oxygen atoms in total. The minimum atomic E-state index is -1.98. The second-order valence-corrected chi connectivity index (χ2v) is 18.1. The number of pyridine rings is 1. The van der Waals surface area contributed by atoms with Crippen LogP contribution in [0, 0.1) is 40.3 Å². The number of fused-ring (bicyclic) bond motifs is 7. The van der Waals surface area contributed by atoms with Crippen molar-refractivity contribution in [2.45, 2.75) is 102 Å². The van der Waals surface area contributed by atoms with E-state index in [4.69, 9.17) is 4.74 Å². The van der Waals surface area contributed by atoms with Crippen LogP contribution in [0.5, 0.6) is 5.75 Å². The number of hydrogen-bond donors (Lipinski definition) is 5. The van der Waals surface area contributed by atoms with Gasteiger partial charge in [0.2, 0.25) is 5.43 Å². The molecule has 7 aliphatic rings. The second kappa shape index (κ2) is 13.8. The van der Waals surface area contributed by atoms with Crippen LogP contribution < -0.4 is 20.4 Å².